The number of ether oxygens (including phenoxy) is 2. The van der Waals surface area contributed by atoms with Crippen molar-refractivity contribution in [2.24, 2.45) is 0 Å². The fourth-order valence-corrected chi connectivity index (χ4v) is 3.20. The molecule has 4 rings (SSSR count). The molecule has 0 saturated heterocycles. The van der Waals surface area contributed by atoms with E-state index in [1.807, 2.05) is 18.2 Å². The lowest BCUT2D eigenvalue weighted by atomic mass is 9.97. The van der Waals surface area contributed by atoms with Gasteiger partial charge in [-0.3, -0.25) is 0 Å². The molecule has 0 bridgehead atoms. The average Bonchev–Trinajstić information content (AvgIpc) is 2.93. The molecule has 0 aliphatic carbocycles. The predicted octanol–water partition coefficient (Wildman–Crippen LogP) is 3.84. The molecule has 2 heterocycles. The first-order valence-electron chi connectivity index (χ1n) is 7.22. The van der Waals surface area contributed by atoms with Crippen LogP contribution in [0.4, 0.5) is 0 Å². The predicted molar refractivity (Wildman–Crippen MR) is 82.8 cm³/mol. The Kier molecular flexibility index (Phi) is 2.93. The van der Waals surface area contributed by atoms with E-state index in [0.29, 0.717) is 0 Å². The van der Waals surface area contributed by atoms with Crippen molar-refractivity contribution in [1.29, 1.82) is 0 Å². The number of methoxy groups -OCH3 is 1. The van der Waals surface area contributed by atoms with Crippen LogP contribution in [0, 0.1) is 0 Å². The van der Waals surface area contributed by atoms with Gasteiger partial charge in [-0.25, -0.2) is 0 Å². The van der Waals surface area contributed by atoms with Crippen LogP contribution >= 0.6 is 0 Å². The molecule has 3 heteroatoms. The number of H-pyrrole nitrogens is 1. The molecule has 0 spiro atoms. The molecule has 21 heavy (non-hydrogen) atoms. The van der Waals surface area contributed by atoms with E-state index < -0.39 is 0 Å². The Morgan fingerprint density at radius 1 is 1.10 bits per heavy atom. The molecular weight excluding hydrogens is 262 g/mol. The van der Waals surface area contributed by atoms with Crippen molar-refractivity contribution >= 4 is 10.9 Å². The Morgan fingerprint density at radius 3 is 2.81 bits per heavy atom. The molecule has 0 unspecified atom stereocenters. The Morgan fingerprint density at radius 2 is 1.90 bits per heavy atom. The number of fused-ring (bicyclic) bond motifs is 3. The fraction of sp³-hybridized carbons (Fsp3) is 0.222. The molecule has 0 amide bonds. The lowest BCUT2D eigenvalue weighted by molar-refractivity contribution is 0.0660. The molecule has 0 saturated carbocycles. The summed E-state index contributed by atoms with van der Waals surface area (Å²) in [6.45, 7) is 0.734. The van der Waals surface area contributed by atoms with Crippen LogP contribution in [0.25, 0.3) is 10.9 Å². The molecule has 1 aliphatic rings. The number of hydrogen-bond donors (Lipinski definition) is 1. The molecule has 3 aromatic rings. The minimum atomic E-state index is -0.0858. The van der Waals surface area contributed by atoms with Gasteiger partial charge in [-0.2, -0.15) is 0 Å². The molecule has 1 atom stereocenters. The summed E-state index contributed by atoms with van der Waals surface area (Å²) in [5.41, 5.74) is 4.78. The van der Waals surface area contributed by atoms with Gasteiger partial charge in [-0.1, -0.05) is 36.4 Å². The van der Waals surface area contributed by atoms with Gasteiger partial charge in [0, 0.05) is 16.5 Å². The number of aromatic amines is 1. The molecule has 2 aromatic carbocycles. The maximum absolute atomic E-state index is 6.05. The average molecular weight is 279 g/mol. The molecule has 0 fully saturated rings. The zero-order chi connectivity index (χ0) is 14.2. The lowest BCUT2D eigenvalue weighted by Gasteiger charge is -2.25. The smallest absolute Gasteiger partial charge is 0.126 e. The third kappa shape index (κ3) is 1.93. The number of benzene rings is 2. The molecule has 3 nitrogen and oxygen atoms in total. The molecule has 1 aliphatic heterocycles. The van der Waals surface area contributed by atoms with E-state index in [2.05, 4.69) is 35.3 Å². The van der Waals surface area contributed by atoms with Crippen molar-refractivity contribution < 1.29 is 9.47 Å². The number of para-hydroxylation sites is 2. The van der Waals surface area contributed by atoms with Crippen molar-refractivity contribution in [3.8, 4) is 5.75 Å². The van der Waals surface area contributed by atoms with Crippen molar-refractivity contribution in [3.63, 3.8) is 0 Å². The molecule has 1 N–H and O–H groups in total. The quantitative estimate of drug-likeness (QED) is 0.773. The molecular formula is C18H17NO2. The Labute approximate surface area is 123 Å². The van der Waals surface area contributed by atoms with Crippen LogP contribution in [0.15, 0.2) is 48.5 Å². The zero-order valence-corrected chi connectivity index (χ0v) is 11.9. The van der Waals surface area contributed by atoms with Crippen LogP contribution < -0.4 is 4.74 Å². The van der Waals surface area contributed by atoms with Crippen molar-refractivity contribution in [1.82, 2.24) is 4.98 Å². The van der Waals surface area contributed by atoms with Gasteiger partial charge in [-0.15, -0.1) is 0 Å². The SMILES string of the molecule is COc1ccccc1[C@@H]1OCCc2c1[nH]c1ccccc21. The van der Waals surface area contributed by atoms with Crippen molar-refractivity contribution in [2.75, 3.05) is 13.7 Å². The lowest BCUT2D eigenvalue weighted by Crippen LogP contribution is -2.17. The van der Waals surface area contributed by atoms with Crippen LogP contribution in [0.5, 0.6) is 5.75 Å². The highest BCUT2D eigenvalue weighted by atomic mass is 16.5. The second kappa shape index (κ2) is 4.93. The Hall–Kier alpha value is -2.26. The first kappa shape index (κ1) is 12.5. The summed E-state index contributed by atoms with van der Waals surface area (Å²) >= 11 is 0. The van der Waals surface area contributed by atoms with Gasteiger partial charge in [0.2, 0.25) is 0 Å². The van der Waals surface area contributed by atoms with E-state index >= 15 is 0 Å². The summed E-state index contributed by atoms with van der Waals surface area (Å²) in [7, 11) is 1.70. The first-order chi connectivity index (χ1) is 10.4. The summed E-state index contributed by atoms with van der Waals surface area (Å²) in [6.07, 6.45) is 0.864. The number of rotatable bonds is 2. The van der Waals surface area contributed by atoms with E-state index in [1.165, 1.54) is 16.5 Å². The van der Waals surface area contributed by atoms with E-state index in [-0.39, 0.29) is 6.10 Å². The van der Waals surface area contributed by atoms with Gasteiger partial charge in [0.1, 0.15) is 11.9 Å². The van der Waals surface area contributed by atoms with E-state index in [0.717, 1.165) is 30.0 Å². The van der Waals surface area contributed by atoms with Gasteiger partial charge in [0.15, 0.2) is 0 Å². The number of nitrogens with one attached hydrogen (secondary N) is 1. The third-order valence-corrected chi connectivity index (χ3v) is 4.17. The summed E-state index contributed by atoms with van der Waals surface area (Å²) in [5, 5.41) is 1.30. The summed E-state index contributed by atoms with van der Waals surface area (Å²) in [6, 6.07) is 16.5. The summed E-state index contributed by atoms with van der Waals surface area (Å²) < 4.78 is 11.5. The standard InChI is InChI=1S/C18H17NO2/c1-20-16-9-5-3-7-14(16)18-17-13(10-11-21-18)12-6-2-4-8-15(12)19-17/h2-9,18-19H,10-11H2,1H3/t18-/m0/s1. The highest BCUT2D eigenvalue weighted by Crippen LogP contribution is 2.39. The van der Waals surface area contributed by atoms with Crippen LogP contribution in [0.1, 0.15) is 22.9 Å². The number of hydrogen-bond acceptors (Lipinski definition) is 2. The normalized spacial score (nSPS) is 17.7. The van der Waals surface area contributed by atoms with Crippen molar-refractivity contribution in [3.05, 3.63) is 65.4 Å². The van der Waals surface area contributed by atoms with Crippen molar-refractivity contribution in [2.45, 2.75) is 12.5 Å². The monoisotopic (exact) mass is 279 g/mol. The largest absolute Gasteiger partial charge is 0.496 e. The fourth-order valence-electron chi connectivity index (χ4n) is 3.20. The second-order valence-electron chi connectivity index (χ2n) is 5.31. The van der Waals surface area contributed by atoms with Crippen LogP contribution in [-0.4, -0.2) is 18.7 Å². The third-order valence-electron chi connectivity index (χ3n) is 4.17. The minimum absolute atomic E-state index is 0.0858. The maximum atomic E-state index is 6.05. The Balaban J connectivity index is 1.90. The van der Waals surface area contributed by atoms with Crippen LogP contribution in [0.3, 0.4) is 0 Å². The van der Waals surface area contributed by atoms with E-state index in [4.69, 9.17) is 9.47 Å². The Bertz CT molecular complexity index is 791. The zero-order valence-electron chi connectivity index (χ0n) is 11.9. The first-order valence-corrected chi connectivity index (χ1v) is 7.22. The molecule has 1 aromatic heterocycles. The highest BCUT2D eigenvalue weighted by Gasteiger charge is 2.28. The van der Waals surface area contributed by atoms with Crippen LogP contribution in [-0.2, 0) is 11.2 Å². The van der Waals surface area contributed by atoms with E-state index in [9.17, 15) is 0 Å². The maximum Gasteiger partial charge on any atom is 0.126 e. The highest BCUT2D eigenvalue weighted by molar-refractivity contribution is 5.85. The van der Waals surface area contributed by atoms with Gasteiger partial charge >= 0.3 is 0 Å². The van der Waals surface area contributed by atoms with Gasteiger partial charge in [0.05, 0.1) is 19.4 Å². The minimum Gasteiger partial charge on any atom is -0.496 e. The summed E-state index contributed by atoms with van der Waals surface area (Å²) in [5.74, 6) is 0.869. The molecule has 106 valence electrons. The van der Waals surface area contributed by atoms with Gasteiger partial charge < -0.3 is 14.5 Å². The second-order valence-corrected chi connectivity index (χ2v) is 5.31. The summed E-state index contributed by atoms with van der Waals surface area (Å²) in [4.78, 5) is 3.54. The number of aromatic nitrogens is 1. The van der Waals surface area contributed by atoms with Gasteiger partial charge in [0.25, 0.3) is 0 Å². The van der Waals surface area contributed by atoms with Crippen LogP contribution in [0.2, 0.25) is 0 Å². The van der Waals surface area contributed by atoms with E-state index in [1.54, 1.807) is 7.11 Å². The molecule has 0 radical (unpaired) electrons. The topological polar surface area (TPSA) is 34.2 Å². The van der Waals surface area contributed by atoms with Gasteiger partial charge in [-0.05, 0) is 24.1 Å².